The van der Waals surface area contributed by atoms with Gasteiger partial charge in [0.25, 0.3) is 0 Å². The first-order valence-electron chi connectivity index (χ1n) is 7.89. The predicted octanol–water partition coefficient (Wildman–Crippen LogP) is 2.20. The van der Waals surface area contributed by atoms with Crippen molar-refractivity contribution >= 4 is 22.0 Å². The lowest BCUT2D eigenvalue weighted by Crippen LogP contribution is -2.52. The van der Waals surface area contributed by atoms with Gasteiger partial charge in [0.15, 0.2) is 0 Å². The van der Waals surface area contributed by atoms with Crippen LogP contribution >= 0.6 is 0 Å². The summed E-state index contributed by atoms with van der Waals surface area (Å²) >= 11 is 0. The molecule has 1 heterocycles. The van der Waals surface area contributed by atoms with Crippen molar-refractivity contribution < 1.29 is 17.9 Å². The lowest BCUT2D eigenvalue weighted by Gasteiger charge is -2.34. The molecule has 0 unspecified atom stereocenters. The third-order valence-electron chi connectivity index (χ3n) is 3.50. The number of hydrogen-bond donors (Lipinski definition) is 1. The zero-order chi connectivity index (χ0) is 18.0. The Labute approximate surface area is 143 Å². The van der Waals surface area contributed by atoms with Gasteiger partial charge in [0.1, 0.15) is 5.60 Å². The Bertz CT molecular complexity index is 690. The second-order valence-corrected chi connectivity index (χ2v) is 8.51. The highest BCUT2D eigenvalue weighted by molar-refractivity contribution is 7.90. The summed E-state index contributed by atoms with van der Waals surface area (Å²) in [5.41, 5.74) is 0.946. The summed E-state index contributed by atoms with van der Waals surface area (Å²) in [6, 6.07) is 7.18. The van der Waals surface area contributed by atoms with Crippen molar-refractivity contribution in [3.05, 3.63) is 29.8 Å². The molecular weight excluding hydrogens is 330 g/mol. The van der Waals surface area contributed by atoms with Crippen LogP contribution in [0.2, 0.25) is 0 Å². The van der Waals surface area contributed by atoms with Gasteiger partial charge in [-0.3, -0.25) is 4.72 Å². The number of carbonyl (C=O) groups excluding carboxylic acids is 1. The van der Waals surface area contributed by atoms with E-state index < -0.39 is 21.9 Å². The van der Waals surface area contributed by atoms with E-state index in [1.54, 1.807) is 39.0 Å². The zero-order valence-corrected chi connectivity index (χ0v) is 15.4. The monoisotopic (exact) mass is 355 g/mol. The Morgan fingerprint density at radius 2 is 1.79 bits per heavy atom. The number of nitrogens with one attached hydrogen (secondary N) is 1. The normalized spacial score (nSPS) is 16.8. The predicted molar refractivity (Wildman–Crippen MR) is 93.1 cm³/mol. The van der Waals surface area contributed by atoms with Crippen LogP contribution in [-0.4, -0.2) is 55.5 Å². The fourth-order valence-electron chi connectivity index (χ4n) is 2.36. The first-order chi connectivity index (χ1) is 11.1. The van der Waals surface area contributed by atoms with E-state index in [0.717, 1.165) is 5.56 Å². The van der Waals surface area contributed by atoms with E-state index in [-0.39, 0.29) is 13.1 Å². The number of amides is 1. The van der Waals surface area contributed by atoms with E-state index in [2.05, 4.69) is 4.72 Å². The quantitative estimate of drug-likeness (QED) is 0.901. The number of ether oxygens (including phenoxy) is 1. The van der Waals surface area contributed by atoms with Crippen LogP contribution in [0.4, 0.5) is 10.5 Å². The van der Waals surface area contributed by atoms with E-state index >= 15 is 0 Å². The summed E-state index contributed by atoms with van der Waals surface area (Å²) in [7, 11) is -3.63. The van der Waals surface area contributed by atoms with Gasteiger partial charge < -0.3 is 9.64 Å². The molecule has 0 aromatic heterocycles. The second-order valence-electron chi connectivity index (χ2n) is 6.84. The number of rotatable bonds is 3. The number of piperazine rings is 1. The SMILES string of the molecule is Cc1cccc(NS(=O)(=O)N2CCN(C(=O)OC(C)(C)C)CC2)c1. The molecule has 24 heavy (non-hydrogen) atoms. The molecule has 1 aliphatic rings. The number of nitrogens with zero attached hydrogens (tertiary/aromatic N) is 2. The van der Waals surface area contributed by atoms with Gasteiger partial charge in [0, 0.05) is 26.2 Å². The molecule has 2 rings (SSSR count). The van der Waals surface area contributed by atoms with Crippen LogP contribution in [0.3, 0.4) is 0 Å². The molecule has 0 bridgehead atoms. The van der Waals surface area contributed by atoms with E-state index in [4.69, 9.17) is 4.74 Å². The third-order valence-corrected chi connectivity index (χ3v) is 5.03. The number of aryl methyl sites for hydroxylation is 1. The zero-order valence-electron chi connectivity index (χ0n) is 14.6. The van der Waals surface area contributed by atoms with Crippen LogP contribution in [0.25, 0.3) is 0 Å². The minimum Gasteiger partial charge on any atom is -0.444 e. The van der Waals surface area contributed by atoms with Crippen LogP contribution in [-0.2, 0) is 14.9 Å². The van der Waals surface area contributed by atoms with Crippen LogP contribution in [0.5, 0.6) is 0 Å². The molecule has 1 aromatic rings. The Morgan fingerprint density at radius 1 is 1.17 bits per heavy atom. The maximum Gasteiger partial charge on any atom is 0.410 e. The molecule has 1 saturated heterocycles. The fourth-order valence-corrected chi connectivity index (χ4v) is 3.56. The third kappa shape index (κ3) is 5.10. The molecule has 7 nitrogen and oxygen atoms in total. The Kier molecular flexibility index (Phi) is 5.39. The molecule has 0 saturated carbocycles. The van der Waals surface area contributed by atoms with E-state index in [0.29, 0.717) is 18.8 Å². The highest BCUT2D eigenvalue weighted by Crippen LogP contribution is 2.16. The minimum absolute atomic E-state index is 0.236. The van der Waals surface area contributed by atoms with Gasteiger partial charge in [-0.15, -0.1) is 0 Å². The fraction of sp³-hybridized carbons (Fsp3) is 0.562. The molecule has 1 amide bonds. The topological polar surface area (TPSA) is 79.0 Å². The van der Waals surface area contributed by atoms with Crippen molar-refractivity contribution in [3.63, 3.8) is 0 Å². The Morgan fingerprint density at radius 3 is 2.33 bits per heavy atom. The van der Waals surface area contributed by atoms with Crippen LogP contribution in [0.1, 0.15) is 26.3 Å². The van der Waals surface area contributed by atoms with Crippen molar-refractivity contribution in [1.29, 1.82) is 0 Å². The molecule has 8 heteroatoms. The summed E-state index contributed by atoms with van der Waals surface area (Å²) in [6.07, 6.45) is -0.411. The lowest BCUT2D eigenvalue weighted by atomic mass is 10.2. The number of hydrogen-bond acceptors (Lipinski definition) is 4. The average Bonchev–Trinajstić information content (AvgIpc) is 2.45. The van der Waals surface area contributed by atoms with Crippen molar-refractivity contribution in [2.24, 2.45) is 0 Å². The van der Waals surface area contributed by atoms with Gasteiger partial charge in [-0.25, -0.2) is 4.79 Å². The molecule has 0 radical (unpaired) electrons. The van der Waals surface area contributed by atoms with Crippen molar-refractivity contribution in [2.45, 2.75) is 33.3 Å². The first kappa shape index (κ1) is 18.5. The smallest absolute Gasteiger partial charge is 0.410 e. The van der Waals surface area contributed by atoms with Gasteiger partial charge in [0.05, 0.1) is 5.69 Å². The summed E-state index contributed by atoms with van der Waals surface area (Å²) < 4.78 is 34.1. The van der Waals surface area contributed by atoms with Crippen molar-refractivity contribution in [2.75, 3.05) is 30.9 Å². The Hall–Kier alpha value is -1.80. The number of carbonyl (C=O) groups is 1. The first-order valence-corrected chi connectivity index (χ1v) is 9.33. The van der Waals surface area contributed by atoms with Gasteiger partial charge in [0.2, 0.25) is 0 Å². The van der Waals surface area contributed by atoms with Crippen molar-refractivity contribution in [3.8, 4) is 0 Å². The molecule has 1 fully saturated rings. The van der Waals surface area contributed by atoms with Gasteiger partial charge >= 0.3 is 16.3 Å². The second kappa shape index (κ2) is 6.98. The summed E-state index contributed by atoms with van der Waals surface area (Å²) in [5.74, 6) is 0. The standard InChI is InChI=1S/C16H25N3O4S/c1-13-6-5-7-14(12-13)17-24(21,22)19-10-8-18(9-11-19)15(20)23-16(2,3)4/h5-7,12,17H,8-11H2,1-4H3. The molecule has 1 N–H and O–H groups in total. The van der Waals surface area contributed by atoms with E-state index in [9.17, 15) is 13.2 Å². The number of benzene rings is 1. The molecule has 1 aliphatic heterocycles. The maximum atomic E-state index is 12.5. The summed E-state index contributed by atoms with van der Waals surface area (Å²) in [4.78, 5) is 13.6. The van der Waals surface area contributed by atoms with Gasteiger partial charge in [-0.05, 0) is 45.4 Å². The maximum absolute atomic E-state index is 12.5. The molecule has 1 aromatic carbocycles. The Balaban J connectivity index is 1.94. The highest BCUT2D eigenvalue weighted by Gasteiger charge is 2.30. The molecule has 0 atom stereocenters. The summed E-state index contributed by atoms with van der Waals surface area (Å²) in [6.45, 7) is 8.40. The minimum atomic E-state index is -3.63. The van der Waals surface area contributed by atoms with E-state index in [1.807, 2.05) is 13.0 Å². The van der Waals surface area contributed by atoms with E-state index in [1.165, 1.54) is 9.21 Å². The molecule has 134 valence electrons. The van der Waals surface area contributed by atoms with Gasteiger partial charge in [-0.2, -0.15) is 12.7 Å². The summed E-state index contributed by atoms with van der Waals surface area (Å²) in [5, 5.41) is 0. The van der Waals surface area contributed by atoms with Crippen LogP contribution < -0.4 is 4.72 Å². The van der Waals surface area contributed by atoms with Crippen LogP contribution in [0, 0.1) is 6.92 Å². The van der Waals surface area contributed by atoms with Crippen LogP contribution in [0.15, 0.2) is 24.3 Å². The largest absolute Gasteiger partial charge is 0.444 e. The molecule has 0 aliphatic carbocycles. The highest BCUT2D eigenvalue weighted by atomic mass is 32.2. The lowest BCUT2D eigenvalue weighted by molar-refractivity contribution is 0.0193. The van der Waals surface area contributed by atoms with Gasteiger partial charge in [-0.1, -0.05) is 12.1 Å². The number of anilines is 1. The molecular formula is C16H25N3O4S. The average molecular weight is 355 g/mol. The van der Waals surface area contributed by atoms with Crippen molar-refractivity contribution in [1.82, 2.24) is 9.21 Å². The molecule has 0 spiro atoms.